The number of benzene rings is 4. The van der Waals surface area contributed by atoms with Crippen molar-refractivity contribution in [1.29, 1.82) is 0 Å². The standard InChI is InChI=1S/C19H17N3O3.C19H16N3O2.Cr/c1-12-7-6-10-16(17(12)19(24)25)20-11-15-13(2)21-22(18(15)23)14-8-4-3-5-9-14;1-13-7-6-10-17(18(13)19(23)24)20-11-15-12-22(21-14(15)2)16-8-4-3-5-9-16;/h3-11,23H,1-2H3,(H,24,25);3-11H,1-2H3,(H,23,24);/q;-1;. The number of nitrogens with zero attached hydrogens (tertiary/aromatic N) is 6. The molecule has 0 aliphatic rings. The smallest absolute Gasteiger partial charge is 0.338 e. The summed E-state index contributed by atoms with van der Waals surface area (Å²) in [6, 6.07) is 29.2. The van der Waals surface area contributed by atoms with Crippen molar-refractivity contribution >= 4 is 35.7 Å². The van der Waals surface area contributed by atoms with Gasteiger partial charge in [0.05, 0.1) is 39.4 Å². The van der Waals surface area contributed by atoms with Gasteiger partial charge in [-0.25, -0.2) is 19.4 Å². The summed E-state index contributed by atoms with van der Waals surface area (Å²) in [5.74, 6) is -2.07. The van der Waals surface area contributed by atoms with E-state index >= 15 is 0 Å². The van der Waals surface area contributed by atoms with E-state index in [1.165, 1.54) is 10.9 Å². The first kappa shape index (κ1) is 36.7. The quantitative estimate of drug-likeness (QED) is 0.110. The summed E-state index contributed by atoms with van der Waals surface area (Å²) >= 11 is 0. The van der Waals surface area contributed by atoms with Crippen LogP contribution in [0.4, 0.5) is 11.4 Å². The minimum atomic E-state index is -1.04. The predicted octanol–water partition coefficient (Wildman–Crippen LogP) is 7.38. The van der Waals surface area contributed by atoms with Gasteiger partial charge in [0.1, 0.15) is 0 Å². The topological polar surface area (TPSA) is 155 Å². The maximum atomic E-state index is 11.4. The number of aromatic carboxylic acids is 2. The third-order valence-electron chi connectivity index (χ3n) is 7.54. The molecule has 0 saturated carbocycles. The molecule has 0 spiro atoms. The Hall–Kier alpha value is -6.09. The number of hydrogen-bond donors (Lipinski definition) is 3. The molecule has 3 N–H and O–H groups in total. The molecule has 0 bridgehead atoms. The van der Waals surface area contributed by atoms with Crippen LogP contribution in [0.25, 0.3) is 11.4 Å². The number of rotatable bonds is 8. The van der Waals surface area contributed by atoms with Gasteiger partial charge in [-0.2, -0.15) is 5.10 Å². The molecule has 0 radical (unpaired) electrons. The van der Waals surface area contributed by atoms with Gasteiger partial charge >= 0.3 is 11.9 Å². The van der Waals surface area contributed by atoms with E-state index in [1.54, 1.807) is 68.1 Å². The molecule has 252 valence electrons. The number of hydrogen-bond acceptors (Lipinski definition) is 7. The molecule has 6 rings (SSSR count). The second kappa shape index (κ2) is 16.3. The molecule has 6 aromatic rings. The molecule has 0 unspecified atom stereocenters. The van der Waals surface area contributed by atoms with Gasteiger partial charge in [0, 0.05) is 23.6 Å². The Morgan fingerprint density at radius 1 is 0.660 bits per heavy atom. The third-order valence-corrected chi connectivity index (χ3v) is 7.54. The van der Waals surface area contributed by atoms with Crippen molar-refractivity contribution in [3.8, 4) is 17.3 Å². The van der Waals surface area contributed by atoms with Crippen LogP contribution >= 0.6 is 0 Å². The monoisotopic (exact) mass is 705 g/mol. The summed E-state index contributed by atoms with van der Waals surface area (Å²) in [5, 5.41) is 37.9. The van der Waals surface area contributed by atoms with E-state index in [1.807, 2.05) is 67.6 Å². The van der Waals surface area contributed by atoms with Crippen LogP contribution in [0.1, 0.15) is 54.4 Å². The maximum Gasteiger partial charge on any atom is 0.338 e. The average molecular weight is 706 g/mol. The number of carboxylic acids is 2. The molecule has 0 saturated heterocycles. The van der Waals surface area contributed by atoms with Crippen molar-refractivity contribution in [2.45, 2.75) is 27.7 Å². The van der Waals surface area contributed by atoms with Crippen LogP contribution in [-0.4, -0.2) is 59.2 Å². The van der Waals surface area contributed by atoms with Gasteiger partial charge in [-0.15, -0.1) is 0 Å². The van der Waals surface area contributed by atoms with Crippen molar-refractivity contribution in [2.75, 3.05) is 0 Å². The minimum absolute atomic E-state index is 0. The Morgan fingerprint density at radius 3 is 1.68 bits per heavy atom. The molecule has 0 atom stereocenters. The van der Waals surface area contributed by atoms with E-state index in [0.29, 0.717) is 33.8 Å². The average Bonchev–Trinajstić information content (AvgIpc) is 3.60. The van der Waals surface area contributed by atoms with Crippen LogP contribution in [0.3, 0.4) is 0 Å². The molecular formula is C38H33CrN6O5-. The molecule has 2 aromatic heterocycles. The normalized spacial score (nSPS) is 10.9. The van der Waals surface area contributed by atoms with Crippen molar-refractivity contribution in [2.24, 2.45) is 9.98 Å². The number of carboxylic acid groups (broad SMARTS) is 2. The van der Waals surface area contributed by atoms with Gasteiger partial charge in [0.15, 0.2) is 0 Å². The van der Waals surface area contributed by atoms with E-state index in [4.69, 9.17) is 0 Å². The minimum Gasteiger partial charge on any atom is -0.493 e. The molecule has 12 heteroatoms. The molecule has 11 nitrogen and oxygen atoms in total. The summed E-state index contributed by atoms with van der Waals surface area (Å²) < 4.78 is 3.08. The van der Waals surface area contributed by atoms with Crippen molar-refractivity contribution in [3.05, 3.63) is 148 Å². The van der Waals surface area contributed by atoms with Gasteiger partial charge in [-0.05, 0) is 80.0 Å². The first-order valence-corrected chi connectivity index (χ1v) is 15.2. The number of aryl methyl sites for hydroxylation is 4. The first-order chi connectivity index (χ1) is 23.5. The van der Waals surface area contributed by atoms with Crippen LogP contribution in [0.15, 0.2) is 107 Å². The zero-order valence-corrected chi connectivity index (χ0v) is 28.9. The largest absolute Gasteiger partial charge is 0.493 e. The fourth-order valence-corrected chi connectivity index (χ4v) is 5.01. The van der Waals surface area contributed by atoms with E-state index in [0.717, 1.165) is 22.6 Å². The number of aromatic hydroxyl groups is 1. The Bertz CT molecular complexity index is 2190. The Morgan fingerprint density at radius 2 is 1.16 bits per heavy atom. The predicted molar refractivity (Wildman–Crippen MR) is 188 cm³/mol. The van der Waals surface area contributed by atoms with E-state index in [9.17, 15) is 24.9 Å². The third kappa shape index (κ3) is 8.30. The molecule has 2 heterocycles. The zero-order valence-electron chi connectivity index (χ0n) is 27.6. The number of aliphatic imine (C=N–C) groups is 2. The van der Waals surface area contributed by atoms with Crippen molar-refractivity contribution < 1.29 is 42.3 Å². The molecule has 50 heavy (non-hydrogen) atoms. The number of aromatic nitrogens is 4. The van der Waals surface area contributed by atoms with Crippen LogP contribution in [0, 0.1) is 33.9 Å². The van der Waals surface area contributed by atoms with E-state index in [-0.39, 0.29) is 34.4 Å². The summed E-state index contributed by atoms with van der Waals surface area (Å²) in [5.41, 5.74) is 6.57. The van der Waals surface area contributed by atoms with Crippen molar-refractivity contribution in [3.63, 3.8) is 0 Å². The fraction of sp³-hybridized carbons (Fsp3) is 0.105. The molecule has 0 aliphatic carbocycles. The van der Waals surface area contributed by atoms with Crippen LogP contribution in [0.5, 0.6) is 5.88 Å². The number of para-hydroxylation sites is 2. The molecule has 4 aromatic carbocycles. The Kier molecular flexibility index (Phi) is 12.0. The summed E-state index contributed by atoms with van der Waals surface area (Å²) in [4.78, 5) is 31.5. The first-order valence-electron chi connectivity index (χ1n) is 15.2. The second-order valence-corrected chi connectivity index (χ2v) is 11.0. The summed E-state index contributed by atoms with van der Waals surface area (Å²) in [6.07, 6.45) is 6.18. The van der Waals surface area contributed by atoms with E-state index in [2.05, 4.69) is 26.4 Å². The van der Waals surface area contributed by atoms with Gasteiger partial charge in [-0.3, -0.25) is 4.99 Å². The van der Waals surface area contributed by atoms with Crippen molar-refractivity contribution in [1.82, 2.24) is 19.6 Å². The van der Waals surface area contributed by atoms with Crippen LogP contribution < -0.4 is 0 Å². The van der Waals surface area contributed by atoms with Gasteiger partial charge in [0.25, 0.3) is 0 Å². The maximum absolute atomic E-state index is 11.4. The second-order valence-electron chi connectivity index (χ2n) is 11.0. The molecule has 0 fully saturated rings. The summed E-state index contributed by atoms with van der Waals surface area (Å²) in [7, 11) is 0. The Labute approximate surface area is 299 Å². The number of carbonyl (C=O) groups is 2. The molecule has 0 amide bonds. The van der Waals surface area contributed by atoms with Crippen LogP contribution in [0.2, 0.25) is 0 Å². The fourth-order valence-electron chi connectivity index (χ4n) is 5.01. The summed E-state index contributed by atoms with van der Waals surface area (Å²) in [6.45, 7) is 7.10. The van der Waals surface area contributed by atoms with Gasteiger partial charge in [-0.1, -0.05) is 85.3 Å². The SMILES string of the molecule is Cc1cccc(N=Cc2[c-]n(-c3ccccc3)nc2C)c1C(=O)O.Cc1cccc(N=Cc2c(C)nn(-c3ccccc3)c2O)c1C(=O)O.[Cr]. The van der Waals surface area contributed by atoms with Gasteiger partial charge < -0.3 is 25.0 Å². The molecule has 0 aliphatic heterocycles. The molecular weight excluding hydrogens is 672 g/mol. The van der Waals surface area contributed by atoms with Gasteiger partial charge in [0.2, 0.25) is 5.88 Å². The zero-order chi connectivity index (χ0) is 35.1. The van der Waals surface area contributed by atoms with Crippen LogP contribution in [-0.2, 0) is 17.4 Å². The Balaban J connectivity index is 0.000000220. The van der Waals surface area contributed by atoms with E-state index < -0.39 is 11.9 Å².